The van der Waals surface area contributed by atoms with E-state index in [0.717, 1.165) is 22.4 Å². The molecule has 2 rings (SSSR count). The SMILES string of the molecule is COc1ccc(C(Cc2ccccc2C)C(=O)O)cc1. The van der Waals surface area contributed by atoms with Crippen LogP contribution >= 0.6 is 0 Å². The molecule has 1 N–H and O–H groups in total. The molecular formula is C17H18O3. The van der Waals surface area contributed by atoms with Crippen LogP contribution in [0.4, 0.5) is 0 Å². The highest BCUT2D eigenvalue weighted by Gasteiger charge is 2.21. The molecule has 2 aromatic carbocycles. The van der Waals surface area contributed by atoms with Gasteiger partial charge in [-0.15, -0.1) is 0 Å². The molecule has 0 aromatic heterocycles. The summed E-state index contributed by atoms with van der Waals surface area (Å²) in [5, 5.41) is 9.47. The molecule has 3 heteroatoms. The highest BCUT2D eigenvalue weighted by molar-refractivity contribution is 5.76. The summed E-state index contributed by atoms with van der Waals surface area (Å²) in [6, 6.07) is 15.1. The number of methoxy groups -OCH3 is 1. The molecule has 0 bridgehead atoms. The van der Waals surface area contributed by atoms with Crippen LogP contribution in [0, 0.1) is 6.92 Å². The zero-order valence-electron chi connectivity index (χ0n) is 11.7. The van der Waals surface area contributed by atoms with Crippen LogP contribution in [-0.4, -0.2) is 18.2 Å². The first-order valence-corrected chi connectivity index (χ1v) is 6.53. The Morgan fingerprint density at radius 3 is 2.35 bits per heavy atom. The average Bonchev–Trinajstić information content (AvgIpc) is 2.46. The fourth-order valence-electron chi connectivity index (χ4n) is 2.24. The van der Waals surface area contributed by atoms with E-state index in [2.05, 4.69) is 0 Å². The van der Waals surface area contributed by atoms with E-state index in [9.17, 15) is 9.90 Å². The summed E-state index contributed by atoms with van der Waals surface area (Å²) in [6.07, 6.45) is 0.494. The molecule has 0 aliphatic rings. The second-order valence-electron chi connectivity index (χ2n) is 4.79. The molecule has 0 fully saturated rings. The summed E-state index contributed by atoms with van der Waals surface area (Å²) in [7, 11) is 1.59. The maximum Gasteiger partial charge on any atom is 0.311 e. The first kappa shape index (κ1) is 14.1. The van der Waals surface area contributed by atoms with Gasteiger partial charge in [0.2, 0.25) is 0 Å². The van der Waals surface area contributed by atoms with Gasteiger partial charge in [0.25, 0.3) is 0 Å². The number of carboxylic acid groups (broad SMARTS) is 1. The summed E-state index contributed by atoms with van der Waals surface area (Å²) in [6.45, 7) is 2.00. The maximum atomic E-state index is 11.5. The summed E-state index contributed by atoms with van der Waals surface area (Å²) in [5.74, 6) is -0.616. The predicted octanol–water partition coefficient (Wildman–Crippen LogP) is 3.41. The number of aliphatic carboxylic acids is 1. The van der Waals surface area contributed by atoms with E-state index in [1.54, 1.807) is 19.2 Å². The molecule has 1 unspecified atom stereocenters. The Labute approximate surface area is 118 Å². The smallest absolute Gasteiger partial charge is 0.311 e. The van der Waals surface area contributed by atoms with Gasteiger partial charge >= 0.3 is 5.97 Å². The largest absolute Gasteiger partial charge is 0.497 e. The fraction of sp³-hybridized carbons (Fsp3) is 0.235. The average molecular weight is 270 g/mol. The van der Waals surface area contributed by atoms with Crippen LogP contribution < -0.4 is 4.74 Å². The van der Waals surface area contributed by atoms with Crippen molar-refractivity contribution in [2.24, 2.45) is 0 Å². The number of hydrogen-bond acceptors (Lipinski definition) is 2. The summed E-state index contributed by atoms with van der Waals surface area (Å²) in [4.78, 5) is 11.5. The monoisotopic (exact) mass is 270 g/mol. The lowest BCUT2D eigenvalue weighted by molar-refractivity contribution is -0.138. The lowest BCUT2D eigenvalue weighted by Gasteiger charge is -2.15. The van der Waals surface area contributed by atoms with E-state index in [4.69, 9.17) is 4.74 Å². The second kappa shape index (κ2) is 6.24. The van der Waals surface area contributed by atoms with E-state index in [0.29, 0.717) is 6.42 Å². The Bertz CT molecular complexity index is 587. The number of hydrogen-bond donors (Lipinski definition) is 1. The third-order valence-electron chi connectivity index (χ3n) is 3.50. The molecule has 2 aromatic rings. The molecular weight excluding hydrogens is 252 g/mol. The van der Waals surface area contributed by atoms with Gasteiger partial charge in [0.15, 0.2) is 0 Å². The molecule has 20 heavy (non-hydrogen) atoms. The maximum absolute atomic E-state index is 11.5. The molecule has 0 saturated carbocycles. The van der Waals surface area contributed by atoms with Crippen LogP contribution in [0.3, 0.4) is 0 Å². The number of aryl methyl sites for hydroxylation is 1. The molecule has 1 atom stereocenters. The van der Waals surface area contributed by atoms with Gasteiger partial charge in [0.1, 0.15) is 5.75 Å². The first-order chi connectivity index (χ1) is 9.61. The summed E-state index contributed by atoms with van der Waals surface area (Å²) in [5.41, 5.74) is 2.98. The van der Waals surface area contributed by atoms with Gasteiger partial charge in [0.05, 0.1) is 13.0 Å². The van der Waals surface area contributed by atoms with Crippen LogP contribution in [0.25, 0.3) is 0 Å². The third-order valence-corrected chi connectivity index (χ3v) is 3.50. The Balaban J connectivity index is 2.27. The van der Waals surface area contributed by atoms with Crippen LogP contribution in [0.1, 0.15) is 22.6 Å². The molecule has 0 aliphatic heterocycles. The van der Waals surface area contributed by atoms with Crippen LogP contribution in [0.15, 0.2) is 48.5 Å². The van der Waals surface area contributed by atoms with E-state index in [-0.39, 0.29) is 0 Å². The van der Waals surface area contributed by atoms with Crippen LogP contribution in [0.5, 0.6) is 5.75 Å². The van der Waals surface area contributed by atoms with Gasteiger partial charge in [-0.1, -0.05) is 36.4 Å². The molecule has 0 heterocycles. The quantitative estimate of drug-likeness (QED) is 0.905. The van der Waals surface area contributed by atoms with E-state index < -0.39 is 11.9 Å². The van der Waals surface area contributed by atoms with Crippen molar-refractivity contribution in [1.29, 1.82) is 0 Å². The molecule has 0 amide bonds. The molecule has 3 nitrogen and oxygen atoms in total. The Hall–Kier alpha value is -2.29. The van der Waals surface area contributed by atoms with Crippen LogP contribution in [-0.2, 0) is 11.2 Å². The lowest BCUT2D eigenvalue weighted by atomic mass is 9.90. The van der Waals surface area contributed by atoms with Crippen molar-refractivity contribution in [3.8, 4) is 5.75 Å². The van der Waals surface area contributed by atoms with E-state index >= 15 is 0 Å². The van der Waals surface area contributed by atoms with Crippen molar-refractivity contribution in [3.63, 3.8) is 0 Å². The summed E-state index contributed by atoms with van der Waals surface area (Å²) < 4.78 is 5.10. The topological polar surface area (TPSA) is 46.5 Å². The minimum absolute atomic E-state index is 0.494. The summed E-state index contributed by atoms with van der Waals surface area (Å²) >= 11 is 0. The van der Waals surface area contributed by atoms with Crippen molar-refractivity contribution in [2.45, 2.75) is 19.3 Å². The van der Waals surface area contributed by atoms with Gasteiger partial charge < -0.3 is 9.84 Å². The normalized spacial score (nSPS) is 11.9. The Morgan fingerprint density at radius 1 is 1.15 bits per heavy atom. The zero-order chi connectivity index (χ0) is 14.5. The van der Waals surface area contributed by atoms with Crippen LogP contribution in [0.2, 0.25) is 0 Å². The minimum atomic E-state index is -0.807. The highest BCUT2D eigenvalue weighted by Crippen LogP contribution is 2.25. The molecule has 0 spiro atoms. The molecule has 0 saturated heterocycles. The molecule has 104 valence electrons. The van der Waals surface area contributed by atoms with Gasteiger partial charge in [-0.25, -0.2) is 0 Å². The predicted molar refractivity (Wildman–Crippen MR) is 78.3 cm³/mol. The third kappa shape index (κ3) is 3.18. The minimum Gasteiger partial charge on any atom is -0.497 e. The van der Waals surface area contributed by atoms with E-state index in [1.807, 2.05) is 43.3 Å². The molecule has 0 aliphatic carbocycles. The number of carboxylic acids is 1. The number of carbonyl (C=O) groups is 1. The van der Waals surface area contributed by atoms with Crippen molar-refractivity contribution < 1.29 is 14.6 Å². The highest BCUT2D eigenvalue weighted by atomic mass is 16.5. The fourth-order valence-corrected chi connectivity index (χ4v) is 2.24. The Kier molecular flexibility index (Phi) is 4.41. The Morgan fingerprint density at radius 2 is 1.80 bits per heavy atom. The molecule has 0 radical (unpaired) electrons. The van der Waals surface area contributed by atoms with Gasteiger partial charge in [-0.3, -0.25) is 4.79 Å². The van der Waals surface area contributed by atoms with Gasteiger partial charge in [-0.05, 0) is 42.2 Å². The van der Waals surface area contributed by atoms with Crippen molar-refractivity contribution in [3.05, 3.63) is 65.2 Å². The van der Waals surface area contributed by atoms with Crippen molar-refractivity contribution >= 4 is 5.97 Å². The standard InChI is InChI=1S/C17H18O3/c1-12-5-3-4-6-14(12)11-16(17(18)19)13-7-9-15(20-2)10-8-13/h3-10,16H,11H2,1-2H3,(H,18,19). The van der Waals surface area contributed by atoms with Crippen molar-refractivity contribution in [2.75, 3.05) is 7.11 Å². The number of benzene rings is 2. The van der Waals surface area contributed by atoms with Crippen molar-refractivity contribution in [1.82, 2.24) is 0 Å². The zero-order valence-corrected chi connectivity index (χ0v) is 11.7. The number of ether oxygens (including phenoxy) is 1. The first-order valence-electron chi connectivity index (χ1n) is 6.53. The van der Waals surface area contributed by atoms with Gasteiger partial charge in [-0.2, -0.15) is 0 Å². The lowest BCUT2D eigenvalue weighted by Crippen LogP contribution is -2.15. The van der Waals surface area contributed by atoms with Gasteiger partial charge in [0, 0.05) is 0 Å². The van der Waals surface area contributed by atoms with E-state index in [1.165, 1.54) is 0 Å². The second-order valence-corrected chi connectivity index (χ2v) is 4.79. The number of rotatable bonds is 5.